The van der Waals surface area contributed by atoms with Gasteiger partial charge in [0.2, 0.25) is 10.0 Å². The maximum atomic E-state index is 12.1. The highest BCUT2D eigenvalue weighted by Crippen LogP contribution is 2.18. The molecule has 0 spiro atoms. The monoisotopic (exact) mass is 390 g/mol. The highest BCUT2D eigenvalue weighted by atomic mass is 32.2. The van der Waals surface area contributed by atoms with Crippen LogP contribution in [0.25, 0.3) is 0 Å². The van der Waals surface area contributed by atoms with Gasteiger partial charge in [-0.2, -0.15) is 0 Å². The van der Waals surface area contributed by atoms with Crippen LogP contribution in [0.1, 0.15) is 20.7 Å². The number of anilines is 1. The lowest BCUT2D eigenvalue weighted by Crippen LogP contribution is -2.23. The summed E-state index contributed by atoms with van der Waals surface area (Å²) in [7, 11) is -0.822. The van der Waals surface area contributed by atoms with Crippen molar-refractivity contribution in [3.63, 3.8) is 0 Å². The van der Waals surface area contributed by atoms with Gasteiger partial charge in [-0.3, -0.25) is 9.59 Å². The summed E-state index contributed by atoms with van der Waals surface area (Å²) in [6, 6.07) is 11.5. The van der Waals surface area contributed by atoms with Crippen molar-refractivity contribution in [1.82, 2.24) is 4.31 Å². The van der Waals surface area contributed by atoms with E-state index >= 15 is 0 Å². The molecule has 0 aliphatic carbocycles. The number of rotatable bonds is 7. The van der Waals surface area contributed by atoms with Crippen LogP contribution in [0, 0.1) is 0 Å². The molecule has 9 heteroatoms. The molecular weight excluding hydrogens is 372 g/mol. The van der Waals surface area contributed by atoms with Crippen LogP contribution in [0.5, 0.6) is 0 Å². The van der Waals surface area contributed by atoms with Crippen LogP contribution in [0.3, 0.4) is 0 Å². The average Bonchev–Trinajstić information content (AvgIpc) is 2.66. The largest absolute Gasteiger partial charge is 0.452 e. The molecule has 1 N–H and O–H groups in total. The Labute approximate surface area is 156 Å². The summed E-state index contributed by atoms with van der Waals surface area (Å²) in [5.74, 6) is -1.33. The maximum Gasteiger partial charge on any atom is 0.338 e. The van der Waals surface area contributed by atoms with E-state index in [9.17, 15) is 22.8 Å². The van der Waals surface area contributed by atoms with Crippen molar-refractivity contribution in [1.29, 1.82) is 0 Å². The number of aldehydes is 1. The molecule has 0 unspecified atom stereocenters. The first kappa shape index (κ1) is 20.3. The second-order valence-corrected chi connectivity index (χ2v) is 7.83. The number of ether oxygens (including phenoxy) is 1. The first-order valence-corrected chi connectivity index (χ1v) is 9.23. The Morgan fingerprint density at radius 2 is 1.78 bits per heavy atom. The Balaban J connectivity index is 1.97. The van der Waals surface area contributed by atoms with Crippen molar-refractivity contribution in [3.8, 4) is 0 Å². The third kappa shape index (κ3) is 5.22. The fourth-order valence-electron chi connectivity index (χ4n) is 2.05. The first-order chi connectivity index (χ1) is 12.7. The maximum absolute atomic E-state index is 12.1. The van der Waals surface area contributed by atoms with Gasteiger partial charge in [-0.05, 0) is 30.3 Å². The number of nitrogens with one attached hydrogen (secondary N) is 1. The SMILES string of the molecule is CN(C)S(=O)(=O)c1cccc(NC(=O)COC(=O)c2ccc(C=O)cc2)c1. The van der Waals surface area contributed by atoms with Gasteiger partial charge in [-0.1, -0.05) is 18.2 Å². The van der Waals surface area contributed by atoms with Crippen molar-refractivity contribution >= 4 is 33.9 Å². The summed E-state index contributed by atoms with van der Waals surface area (Å²) in [4.78, 5) is 34.5. The zero-order chi connectivity index (χ0) is 20.0. The summed E-state index contributed by atoms with van der Waals surface area (Å²) in [5.41, 5.74) is 0.874. The number of benzene rings is 2. The van der Waals surface area contributed by atoms with E-state index in [-0.39, 0.29) is 16.1 Å². The predicted molar refractivity (Wildman–Crippen MR) is 98.1 cm³/mol. The highest BCUT2D eigenvalue weighted by Gasteiger charge is 2.18. The van der Waals surface area contributed by atoms with Crippen LogP contribution >= 0.6 is 0 Å². The minimum Gasteiger partial charge on any atom is -0.452 e. The van der Waals surface area contributed by atoms with Gasteiger partial charge in [-0.25, -0.2) is 17.5 Å². The highest BCUT2D eigenvalue weighted by molar-refractivity contribution is 7.89. The number of carbonyl (C=O) groups excluding carboxylic acids is 3. The summed E-state index contributed by atoms with van der Waals surface area (Å²) >= 11 is 0. The Hall–Kier alpha value is -3.04. The summed E-state index contributed by atoms with van der Waals surface area (Å²) in [6.07, 6.45) is 0.646. The molecule has 8 nitrogen and oxygen atoms in total. The van der Waals surface area contributed by atoms with Crippen molar-refractivity contribution in [2.24, 2.45) is 0 Å². The fourth-order valence-corrected chi connectivity index (χ4v) is 3.00. The van der Waals surface area contributed by atoms with Crippen LogP contribution in [0.2, 0.25) is 0 Å². The van der Waals surface area contributed by atoms with E-state index in [1.54, 1.807) is 0 Å². The van der Waals surface area contributed by atoms with E-state index in [1.165, 1.54) is 62.6 Å². The molecule has 0 heterocycles. The van der Waals surface area contributed by atoms with E-state index in [4.69, 9.17) is 4.74 Å². The number of amides is 1. The van der Waals surface area contributed by atoms with Crippen molar-refractivity contribution in [3.05, 3.63) is 59.7 Å². The lowest BCUT2D eigenvalue weighted by Gasteiger charge is -2.12. The summed E-state index contributed by atoms with van der Waals surface area (Å²) < 4.78 is 30.2. The molecule has 0 aromatic heterocycles. The zero-order valence-electron chi connectivity index (χ0n) is 14.7. The van der Waals surface area contributed by atoms with Crippen molar-refractivity contribution < 1.29 is 27.5 Å². The number of sulfonamides is 1. The van der Waals surface area contributed by atoms with Crippen molar-refractivity contribution in [2.75, 3.05) is 26.0 Å². The molecule has 0 fully saturated rings. The van der Waals surface area contributed by atoms with Gasteiger partial charge in [0.25, 0.3) is 5.91 Å². The summed E-state index contributed by atoms with van der Waals surface area (Å²) in [6.45, 7) is -0.543. The van der Waals surface area contributed by atoms with E-state index < -0.39 is 28.5 Å². The molecule has 142 valence electrons. The molecule has 1 amide bonds. The molecule has 2 aromatic rings. The third-order valence-corrected chi connectivity index (χ3v) is 5.32. The normalized spacial score (nSPS) is 11.1. The molecule has 2 aromatic carbocycles. The van der Waals surface area contributed by atoms with Crippen LogP contribution in [-0.2, 0) is 19.6 Å². The van der Waals surface area contributed by atoms with Crippen LogP contribution in [0.4, 0.5) is 5.69 Å². The van der Waals surface area contributed by atoms with E-state index in [0.29, 0.717) is 11.8 Å². The third-order valence-electron chi connectivity index (χ3n) is 3.51. The molecule has 0 saturated heterocycles. The number of esters is 1. The van der Waals surface area contributed by atoms with Crippen LogP contribution in [0.15, 0.2) is 53.4 Å². The number of nitrogens with zero attached hydrogens (tertiary/aromatic N) is 1. The minimum absolute atomic E-state index is 0.0255. The zero-order valence-corrected chi connectivity index (χ0v) is 15.5. The molecule has 0 atom stereocenters. The number of carbonyl (C=O) groups is 3. The van der Waals surface area contributed by atoms with Gasteiger partial charge >= 0.3 is 5.97 Å². The van der Waals surface area contributed by atoms with Crippen LogP contribution in [-0.4, -0.2) is 51.6 Å². The van der Waals surface area contributed by atoms with E-state index in [1.807, 2.05) is 0 Å². The number of hydrogen-bond acceptors (Lipinski definition) is 6. The van der Waals surface area contributed by atoms with Crippen LogP contribution < -0.4 is 5.32 Å². The first-order valence-electron chi connectivity index (χ1n) is 7.79. The molecular formula is C18H18N2O6S. The topological polar surface area (TPSA) is 110 Å². The van der Waals surface area contributed by atoms with Gasteiger partial charge < -0.3 is 10.1 Å². The Morgan fingerprint density at radius 1 is 1.11 bits per heavy atom. The lowest BCUT2D eigenvalue weighted by molar-refractivity contribution is -0.119. The Kier molecular flexibility index (Phi) is 6.43. The molecule has 0 bridgehead atoms. The van der Waals surface area contributed by atoms with Gasteiger partial charge in [0.05, 0.1) is 10.5 Å². The molecule has 0 radical (unpaired) electrons. The average molecular weight is 390 g/mol. The van der Waals surface area contributed by atoms with Gasteiger partial charge in [0.15, 0.2) is 6.61 Å². The Bertz CT molecular complexity index is 952. The standard InChI is InChI=1S/C18H18N2O6S/c1-20(2)27(24,25)16-5-3-4-15(10-16)19-17(22)12-26-18(23)14-8-6-13(11-21)7-9-14/h3-11H,12H2,1-2H3,(H,19,22). The number of hydrogen-bond donors (Lipinski definition) is 1. The second kappa shape index (κ2) is 8.56. The predicted octanol–water partition coefficient (Wildman–Crippen LogP) is 1.54. The second-order valence-electron chi connectivity index (χ2n) is 5.68. The smallest absolute Gasteiger partial charge is 0.338 e. The van der Waals surface area contributed by atoms with Crippen molar-refractivity contribution in [2.45, 2.75) is 4.90 Å². The minimum atomic E-state index is -3.63. The molecule has 27 heavy (non-hydrogen) atoms. The molecule has 0 aliphatic rings. The van der Waals surface area contributed by atoms with Gasteiger partial charge in [0.1, 0.15) is 6.29 Å². The van der Waals surface area contributed by atoms with E-state index in [0.717, 1.165) is 4.31 Å². The quantitative estimate of drug-likeness (QED) is 0.567. The molecule has 2 rings (SSSR count). The Morgan fingerprint density at radius 3 is 2.37 bits per heavy atom. The molecule has 0 saturated carbocycles. The molecule has 0 aliphatic heterocycles. The van der Waals surface area contributed by atoms with Gasteiger partial charge in [0, 0.05) is 25.3 Å². The van der Waals surface area contributed by atoms with Gasteiger partial charge in [-0.15, -0.1) is 0 Å². The van der Waals surface area contributed by atoms with E-state index in [2.05, 4.69) is 5.32 Å². The lowest BCUT2D eigenvalue weighted by atomic mass is 10.1. The summed E-state index contributed by atoms with van der Waals surface area (Å²) in [5, 5.41) is 2.47. The fraction of sp³-hybridized carbons (Fsp3) is 0.167.